The number of aliphatic hydroxyl groups is 1. The first-order valence-corrected chi connectivity index (χ1v) is 10.5. The smallest absolute Gasteiger partial charge is 0.167 e. The van der Waals surface area contributed by atoms with Crippen molar-refractivity contribution in [3.63, 3.8) is 0 Å². The summed E-state index contributed by atoms with van der Waals surface area (Å²) in [4.78, 5) is 12.7. The Hall–Kier alpha value is -2.72. The minimum atomic E-state index is -0.614. The third kappa shape index (κ3) is 3.72. The number of anilines is 1. The van der Waals surface area contributed by atoms with E-state index in [1.165, 1.54) is 6.07 Å². The fraction of sp³-hybridized carbons (Fsp3) is 0.522. The van der Waals surface area contributed by atoms with Crippen LogP contribution < -0.4 is 5.32 Å². The van der Waals surface area contributed by atoms with Crippen molar-refractivity contribution in [2.24, 2.45) is 5.41 Å². The number of hydrogen-bond acceptors (Lipinski definition) is 5. The van der Waals surface area contributed by atoms with Gasteiger partial charge in [-0.15, -0.1) is 0 Å². The SMILES string of the molecule is Cc1nn(-c2cc(F)c(C#N)c(NC3CCC(O)CC3)c2)c2c1C(=O)CC(C)(C)C2. The molecule has 2 aliphatic carbocycles. The number of aliphatic hydroxyl groups excluding tert-OH is 1. The summed E-state index contributed by atoms with van der Waals surface area (Å²) in [5, 5.41) is 27.1. The maximum atomic E-state index is 14.9. The molecule has 0 aliphatic heterocycles. The third-order valence-electron chi connectivity index (χ3n) is 6.21. The molecule has 1 aromatic carbocycles. The topological polar surface area (TPSA) is 90.9 Å². The number of fused-ring (bicyclic) bond motifs is 1. The van der Waals surface area contributed by atoms with Gasteiger partial charge < -0.3 is 10.4 Å². The monoisotopic (exact) mass is 410 g/mol. The number of nitrogens with zero attached hydrogens (tertiary/aromatic N) is 3. The van der Waals surface area contributed by atoms with Crippen molar-refractivity contribution in [3.05, 3.63) is 40.5 Å². The summed E-state index contributed by atoms with van der Waals surface area (Å²) in [5.74, 6) is -0.546. The van der Waals surface area contributed by atoms with E-state index in [9.17, 15) is 19.6 Å². The van der Waals surface area contributed by atoms with Gasteiger partial charge in [-0.25, -0.2) is 9.07 Å². The average molecular weight is 410 g/mol. The molecule has 1 fully saturated rings. The number of aromatic nitrogens is 2. The lowest BCUT2D eigenvalue weighted by atomic mass is 9.75. The van der Waals surface area contributed by atoms with Crippen LogP contribution in [0.5, 0.6) is 0 Å². The van der Waals surface area contributed by atoms with Crippen molar-refractivity contribution in [2.45, 2.75) is 71.4 Å². The highest BCUT2D eigenvalue weighted by Gasteiger charge is 2.36. The number of rotatable bonds is 3. The molecule has 0 unspecified atom stereocenters. The van der Waals surface area contributed by atoms with E-state index in [4.69, 9.17) is 0 Å². The van der Waals surface area contributed by atoms with Gasteiger partial charge in [0.25, 0.3) is 0 Å². The first-order chi connectivity index (χ1) is 14.2. The second-order valence-corrected chi connectivity index (χ2v) is 9.37. The Kier molecular flexibility index (Phi) is 5.15. The zero-order chi connectivity index (χ0) is 21.6. The minimum absolute atomic E-state index is 0.0287. The zero-order valence-corrected chi connectivity index (χ0v) is 17.6. The summed E-state index contributed by atoms with van der Waals surface area (Å²) >= 11 is 0. The zero-order valence-electron chi connectivity index (χ0n) is 17.6. The molecule has 0 spiro atoms. The van der Waals surface area contributed by atoms with Crippen LogP contribution in [-0.2, 0) is 6.42 Å². The van der Waals surface area contributed by atoms with Gasteiger partial charge in [-0.1, -0.05) is 13.8 Å². The fourth-order valence-electron chi connectivity index (χ4n) is 4.74. The molecule has 1 heterocycles. The molecule has 0 radical (unpaired) electrons. The van der Waals surface area contributed by atoms with E-state index in [0.717, 1.165) is 18.5 Å². The predicted octanol–water partition coefficient (Wildman–Crippen LogP) is 4.06. The lowest BCUT2D eigenvalue weighted by molar-refractivity contribution is 0.0910. The second-order valence-electron chi connectivity index (χ2n) is 9.37. The number of benzene rings is 1. The fourth-order valence-corrected chi connectivity index (χ4v) is 4.74. The van der Waals surface area contributed by atoms with Gasteiger partial charge in [0.15, 0.2) is 5.78 Å². The summed E-state index contributed by atoms with van der Waals surface area (Å²) in [6, 6.07) is 5.09. The molecular formula is C23H27FN4O2. The van der Waals surface area contributed by atoms with E-state index in [-0.39, 0.29) is 28.9 Å². The number of halogens is 1. The Bertz CT molecular complexity index is 1040. The molecule has 6 nitrogen and oxygen atoms in total. The lowest BCUT2D eigenvalue weighted by Crippen LogP contribution is -2.29. The third-order valence-corrected chi connectivity index (χ3v) is 6.21. The van der Waals surface area contributed by atoms with Crippen molar-refractivity contribution >= 4 is 11.5 Å². The van der Waals surface area contributed by atoms with E-state index in [1.54, 1.807) is 17.7 Å². The molecule has 0 amide bonds. The molecule has 2 aliphatic rings. The number of nitriles is 1. The average Bonchev–Trinajstić information content (AvgIpc) is 2.98. The number of aryl methyl sites for hydroxylation is 1. The molecule has 0 atom stereocenters. The highest BCUT2D eigenvalue weighted by atomic mass is 19.1. The highest BCUT2D eigenvalue weighted by Crippen LogP contribution is 2.37. The van der Waals surface area contributed by atoms with Crippen molar-refractivity contribution in [1.29, 1.82) is 5.26 Å². The van der Waals surface area contributed by atoms with E-state index < -0.39 is 5.82 Å². The molecule has 1 aromatic heterocycles. The molecule has 2 aromatic rings. The maximum absolute atomic E-state index is 14.9. The molecule has 0 saturated heterocycles. The first-order valence-electron chi connectivity index (χ1n) is 10.5. The lowest BCUT2D eigenvalue weighted by Gasteiger charge is -2.29. The largest absolute Gasteiger partial charge is 0.393 e. The summed E-state index contributed by atoms with van der Waals surface area (Å²) in [7, 11) is 0. The van der Waals surface area contributed by atoms with Crippen LogP contribution in [0.2, 0.25) is 0 Å². The van der Waals surface area contributed by atoms with Gasteiger partial charge >= 0.3 is 0 Å². The Morgan fingerprint density at radius 2 is 1.97 bits per heavy atom. The van der Waals surface area contributed by atoms with Crippen LogP contribution in [0.4, 0.5) is 10.1 Å². The minimum Gasteiger partial charge on any atom is -0.393 e. The molecular weight excluding hydrogens is 383 g/mol. The standard InChI is InChI=1S/C23H27FN4O2/c1-13-22-20(10-23(2,3)11-21(22)30)28(27-13)15-8-18(24)17(12-25)19(9-15)26-14-4-6-16(29)7-5-14/h8-9,14,16,26,29H,4-7,10-11H2,1-3H3. The van der Waals surface area contributed by atoms with Crippen LogP contribution in [-0.4, -0.2) is 32.8 Å². The summed E-state index contributed by atoms with van der Waals surface area (Å²) in [6.45, 7) is 5.90. The molecule has 7 heteroatoms. The van der Waals surface area contributed by atoms with Crippen molar-refractivity contribution < 1.29 is 14.3 Å². The number of hydrogen-bond donors (Lipinski definition) is 2. The Morgan fingerprint density at radius 3 is 2.63 bits per heavy atom. The quantitative estimate of drug-likeness (QED) is 0.796. The van der Waals surface area contributed by atoms with Gasteiger partial charge in [0.05, 0.1) is 34.4 Å². The Balaban J connectivity index is 1.76. The van der Waals surface area contributed by atoms with Gasteiger partial charge in [0.2, 0.25) is 0 Å². The predicted molar refractivity (Wildman–Crippen MR) is 111 cm³/mol. The van der Waals surface area contributed by atoms with Crippen LogP contribution in [0, 0.1) is 29.5 Å². The highest BCUT2D eigenvalue weighted by molar-refractivity contribution is 5.99. The molecule has 30 heavy (non-hydrogen) atoms. The molecule has 2 N–H and O–H groups in total. The summed E-state index contributed by atoms with van der Waals surface area (Å²) in [5.41, 5.74) is 2.78. The number of Topliss-reactive ketones (excluding diaryl/α,β-unsaturated/α-hetero) is 1. The second kappa shape index (κ2) is 7.51. The van der Waals surface area contributed by atoms with Crippen LogP contribution in [0.25, 0.3) is 5.69 Å². The van der Waals surface area contributed by atoms with E-state index in [1.807, 2.05) is 19.9 Å². The van der Waals surface area contributed by atoms with E-state index in [0.29, 0.717) is 48.3 Å². The number of ketones is 1. The van der Waals surface area contributed by atoms with Crippen molar-refractivity contribution in [1.82, 2.24) is 9.78 Å². The van der Waals surface area contributed by atoms with Crippen LogP contribution >= 0.6 is 0 Å². The number of carbonyl (C=O) groups excluding carboxylic acids is 1. The van der Waals surface area contributed by atoms with Crippen LogP contribution in [0.15, 0.2) is 12.1 Å². The summed E-state index contributed by atoms with van der Waals surface area (Å²) in [6.07, 6.45) is 3.73. The van der Waals surface area contributed by atoms with Crippen molar-refractivity contribution in [3.8, 4) is 11.8 Å². The van der Waals surface area contributed by atoms with Crippen LogP contribution in [0.1, 0.15) is 73.3 Å². The number of carbonyl (C=O) groups is 1. The van der Waals surface area contributed by atoms with Gasteiger partial charge in [-0.3, -0.25) is 4.79 Å². The van der Waals surface area contributed by atoms with Gasteiger partial charge in [0, 0.05) is 18.5 Å². The van der Waals surface area contributed by atoms with E-state index in [2.05, 4.69) is 10.4 Å². The Morgan fingerprint density at radius 1 is 1.27 bits per heavy atom. The normalized spacial score (nSPS) is 23.0. The van der Waals surface area contributed by atoms with Crippen LogP contribution in [0.3, 0.4) is 0 Å². The van der Waals surface area contributed by atoms with Gasteiger partial charge in [0.1, 0.15) is 17.4 Å². The van der Waals surface area contributed by atoms with Crippen molar-refractivity contribution in [2.75, 3.05) is 5.32 Å². The molecule has 158 valence electrons. The molecule has 4 rings (SSSR count). The first kappa shape index (κ1) is 20.5. The summed E-state index contributed by atoms with van der Waals surface area (Å²) < 4.78 is 16.5. The maximum Gasteiger partial charge on any atom is 0.167 e. The van der Waals surface area contributed by atoms with Gasteiger partial charge in [-0.2, -0.15) is 10.4 Å². The Labute approximate surface area is 175 Å². The number of nitrogens with one attached hydrogen (secondary N) is 1. The van der Waals surface area contributed by atoms with Gasteiger partial charge in [-0.05, 0) is 50.5 Å². The molecule has 1 saturated carbocycles. The molecule has 0 bridgehead atoms. The van der Waals surface area contributed by atoms with E-state index >= 15 is 0 Å².